The lowest BCUT2D eigenvalue weighted by atomic mass is 10.0. The van der Waals surface area contributed by atoms with Crippen LogP contribution in [0.15, 0.2) is 43.0 Å². The second-order valence-electron chi connectivity index (χ2n) is 7.17. The fourth-order valence-corrected chi connectivity index (χ4v) is 4.64. The molecule has 1 aliphatic carbocycles. The van der Waals surface area contributed by atoms with Crippen LogP contribution in [0.5, 0.6) is 5.75 Å². The number of nitrogens with zero attached hydrogens (tertiary/aromatic N) is 5. The summed E-state index contributed by atoms with van der Waals surface area (Å²) in [5.41, 5.74) is 2.37. The molecule has 0 radical (unpaired) electrons. The number of thiazole rings is 1. The zero-order valence-corrected chi connectivity index (χ0v) is 15.8. The van der Waals surface area contributed by atoms with Crippen LogP contribution in [0, 0.1) is 0 Å². The summed E-state index contributed by atoms with van der Waals surface area (Å²) in [5, 5.41) is 19.6. The molecule has 1 unspecified atom stereocenters. The minimum Gasteiger partial charge on any atom is -0.497 e. The van der Waals surface area contributed by atoms with Crippen LogP contribution >= 0.6 is 11.3 Å². The van der Waals surface area contributed by atoms with Gasteiger partial charge in [-0.05, 0) is 37.1 Å². The topological polar surface area (TPSA) is 77.5 Å². The Bertz CT molecular complexity index is 1110. The van der Waals surface area contributed by atoms with Gasteiger partial charge in [0.1, 0.15) is 28.7 Å². The van der Waals surface area contributed by atoms with Crippen LogP contribution in [0.2, 0.25) is 0 Å². The highest BCUT2D eigenvalue weighted by Crippen LogP contribution is 2.53. The van der Waals surface area contributed by atoms with Crippen molar-refractivity contribution in [2.45, 2.75) is 31.3 Å². The van der Waals surface area contributed by atoms with E-state index < -0.39 is 6.10 Å². The number of rotatable bonds is 5. The Labute approximate surface area is 159 Å². The van der Waals surface area contributed by atoms with E-state index in [1.165, 1.54) is 4.88 Å². The lowest BCUT2D eigenvalue weighted by Crippen LogP contribution is -2.10. The summed E-state index contributed by atoms with van der Waals surface area (Å²) in [7, 11) is 1.63. The summed E-state index contributed by atoms with van der Waals surface area (Å²) >= 11 is 1.70. The van der Waals surface area contributed by atoms with E-state index in [2.05, 4.69) is 22.2 Å². The Morgan fingerprint density at radius 1 is 1.26 bits per heavy atom. The molecule has 1 saturated carbocycles. The molecule has 3 aromatic heterocycles. The SMILES string of the molecule is COc1ccc(-n2cc(C(O)c3c(C4(C)CC4)sc4cncn34)nn2)cc1. The third-order valence-corrected chi connectivity index (χ3v) is 6.66. The summed E-state index contributed by atoms with van der Waals surface area (Å²) in [6.07, 6.45) is 6.79. The smallest absolute Gasteiger partial charge is 0.141 e. The molecule has 0 spiro atoms. The van der Waals surface area contributed by atoms with Crippen molar-refractivity contribution in [1.82, 2.24) is 24.4 Å². The third kappa shape index (κ3) is 2.64. The molecule has 1 aromatic carbocycles. The number of fused-ring (bicyclic) bond motifs is 1. The summed E-state index contributed by atoms with van der Waals surface area (Å²) in [5.74, 6) is 0.780. The third-order valence-electron chi connectivity index (χ3n) is 5.24. The van der Waals surface area contributed by atoms with Crippen molar-refractivity contribution in [3.05, 3.63) is 59.3 Å². The van der Waals surface area contributed by atoms with Gasteiger partial charge >= 0.3 is 0 Å². The predicted molar refractivity (Wildman–Crippen MR) is 102 cm³/mol. The van der Waals surface area contributed by atoms with Gasteiger partial charge in [0.25, 0.3) is 0 Å². The first-order chi connectivity index (χ1) is 13.1. The average Bonchev–Trinajstić information content (AvgIpc) is 3.11. The van der Waals surface area contributed by atoms with E-state index >= 15 is 0 Å². The van der Waals surface area contributed by atoms with E-state index in [1.54, 1.807) is 35.7 Å². The highest BCUT2D eigenvalue weighted by molar-refractivity contribution is 7.17. The maximum Gasteiger partial charge on any atom is 0.141 e. The van der Waals surface area contributed by atoms with Crippen LogP contribution in [-0.4, -0.2) is 36.6 Å². The molecule has 0 saturated heterocycles. The van der Waals surface area contributed by atoms with Gasteiger partial charge in [-0.25, -0.2) is 9.67 Å². The van der Waals surface area contributed by atoms with Crippen molar-refractivity contribution in [2.24, 2.45) is 0 Å². The minimum absolute atomic E-state index is 0.145. The maximum absolute atomic E-state index is 11.1. The highest BCUT2D eigenvalue weighted by Gasteiger charge is 2.44. The fraction of sp³-hybridized carbons (Fsp3) is 0.316. The quantitative estimate of drug-likeness (QED) is 0.575. The zero-order chi connectivity index (χ0) is 18.6. The Morgan fingerprint density at radius 3 is 2.74 bits per heavy atom. The molecule has 0 bridgehead atoms. The summed E-state index contributed by atoms with van der Waals surface area (Å²) in [4.78, 5) is 6.47. The summed E-state index contributed by atoms with van der Waals surface area (Å²) in [6, 6.07) is 7.54. The van der Waals surface area contributed by atoms with Gasteiger partial charge < -0.3 is 9.84 Å². The van der Waals surface area contributed by atoms with Gasteiger partial charge in [0.15, 0.2) is 0 Å². The van der Waals surface area contributed by atoms with Crippen molar-refractivity contribution in [3.63, 3.8) is 0 Å². The monoisotopic (exact) mass is 381 g/mol. The number of aromatic nitrogens is 5. The molecule has 4 aromatic rings. The van der Waals surface area contributed by atoms with Gasteiger partial charge in [0, 0.05) is 10.3 Å². The van der Waals surface area contributed by atoms with Crippen molar-refractivity contribution in [2.75, 3.05) is 7.11 Å². The number of hydrogen-bond acceptors (Lipinski definition) is 6. The maximum atomic E-state index is 11.1. The standard InChI is InChI=1S/C19H19N5O2S/c1-19(7-8-19)18-16(23-11-20-9-15(23)27-18)17(25)14-10-24(22-21-14)12-3-5-13(26-2)6-4-12/h3-6,9-11,17,25H,7-8H2,1-2H3. The van der Waals surface area contributed by atoms with Crippen molar-refractivity contribution in [3.8, 4) is 11.4 Å². The van der Waals surface area contributed by atoms with Crippen LogP contribution < -0.4 is 4.74 Å². The second-order valence-corrected chi connectivity index (χ2v) is 8.20. The van der Waals surface area contributed by atoms with Gasteiger partial charge in [-0.3, -0.25) is 4.40 Å². The van der Waals surface area contributed by atoms with E-state index in [4.69, 9.17) is 4.74 Å². The first-order valence-corrected chi connectivity index (χ1v) is 9.61. The first kappa shape index (κ1) is 16.5. The second kappa shape index (κ2) is 5.90. The van der Waals surface area contributed by atoms with Gasteiger partial charge in [0.05, 0.1) is 30.9 Å². The molecule has 3 heterocycles. The molecule has 138 valence electrons. The molecule has 1 N–H and O–H groups in total. The van der Waals surface area contributed by atoms with Gasteiger partial charge in [-0.1, -0.05) is 12.1 Å². The normalized spacial score (nSPS) is 16.6. The van der Waals surface area contributed by atoms with Crippen molar-refractivity contribution >= 4 is 16.2 Å². The molecule has 8 heteroatoms. The number of aliphatic hydroxyl groups is 1. The molecule has 5 rings (SSSR count). The molecule has 1 aliphatic rings. The number of ether oxygens (including phenoxy) is 1. The molecule has 27 heavy (non-hydrogen) atoms. The van der Waals surface area contributed by atoms with E-state index in [0.717, 1.165) is 34.8 Å². The van der Waals surface area contributed by atoms with E-state index in [0.29, 0.717) is 5.69 Å². The molecular formula is C19H19N5O2S. The van der Waals surface area contributed by atoms with Crippen molar-refractivity contribution < 1.29 is 9.84 Å². The average molecular weight is 381 g/mol. The Balaban J connectivity index is 1.53. The molecule has 7 nitrogen and oxygen atoms in total. The van der Waals surface area contributed by atoms with E-state index in [9.17, 15) is 5.11 Å². The van der Waals surface area contributed by atoms with Gasteiger partial charge in [-0.15, -0.1) is 16.4 Å². The van der Waals surface area contributed by atoms with Crippen LogP contribution in [0.25, 0.3) is 10.5 Å². The van der Waals surface area contributed by atoms with Gasteiger partial charge in [-0.2, -0.15) is 0 Å². The summed E-state index contributed by atoms with van der Waals surface area (Å²) < 4.78 is 8.82. The Hall–Kier alpha value is -2.71. The number of benzene rings is 1. The van der Waals surface area contributed by atoms with E-state index in [-0.39, 0.29) is 5.41 Å². The minimum atomic E-state index is -0.854. The van der Waals surface area contributed by atoms with Crippen LogP contribution in [0.4, 0.5) is 0 Å². The number of aliphatic hydroxyl groups excluding tert-OH is 1. The number of hydrogen-bond donors (Lipinski definition) is 1. The first-order valence-electron chi connectivity index (χ1n) is 8.79. The van der Waals surface area contributed by atoms with Crippen molar-refractivity contribution in [1.29, 1.82) is 0 Å². The number of methoxy groups -OCH3 is 1. The van der Waals surface area contributed by atoms with E-state index in [1.807, 2.05) is 34.9 Å². The Morgan fingerprint density at radius 2 is 2.04 bits per heavy atom. The highest BCUT2D eigenvalue weighted by atomic mass is 32.1. The fourth-order valence-electron chi connectivity index (χ4n) is 3.31. The van der Waals surface area contributed by atoms with Crippen LogP contribution in [-0.2, 0) is 5.41 Å². The zero-order valence-electron chi connectivity index (χ0n) is 15.0. The van der Waals surface area contributed by atoms with Gasteiger partial charge in [0.2, 0.25) is 0 Å². The largest absolute Gasteiger partial charge is 0.497 e. The van der Waals surface area contributed by atoms with Crippen LogP contribution in [0.1, 0.15) is 42.1 Å². The Kier molecular flexibility index (Phi) is 3.60. The molecule has 0 aliphatic heterocycles. The lowest BCUT2D eigenvalue weighted by Gasteiger charge is -2.13. The lowest BCUT2D eigenvalue weighted by molar-refractivity contribution is 0.207. The van der Waals surface area contributed by atoms with Crippen LogP contribution in [0.3, 0.4) is 0 Å². The molecular weight excluding hydrogens is 362 g/mol. The molecule has 1 atom stereocenters. The summed E-state index contributed by atoms with van der Waals surface area (Å²) in [6.45, 7) is 2.25. The molecule has 1 fully saturated rings. The molecule has 0 amide bonds. The number of imidazole rings is 1. The predicted octanol–water partition coefficient (Wildman–Crippen LogP) is 3.12.